The van der Waals surface area contributed by atoms with Crippen molar-refractivity contribution >= 4 is 5.97 Å². The Hall–Kier alpha value is -0.690. The van der Waals surface area contributed by atoms with E-state index < -0.39 is 30.2 Å². The molecule has 0 radical (unpaired) electrons. The quantitative estimate of drug-likeness (QED) is 0.310. The van der Waals surface area contributed by atoms with Gasteiger partial charge >= 0.3 is 5.97 Å². The van der Waals surface area contributed by atoms with Crippen molar-refractivity contribution in [1.29, 1.82) is 0 Å². The fourth-order valence-corrected chi connectivity index (χ4v) is 1.33. The molecule has 1 saturated heterocycles. The Morgan fingerprint density at radius 3 is 2.31 bits per heavy atom. The summed E-state index contributed by atoms with van der Waals surface area (Å²) in [7, 11) is 0. The Balaban J connectivity index is 2.72. The Morgan fingerprint density at radius 2 is 1.77 bits per heavy atom. The number of aliphatic hydroxyl groups is 3. The van der Waals surface area contributed by atoms with Crippen molar-refractivity contribution in [1.82, 2.24) is 5.32 Å². The van der Waals surface area contributed by atoms with Crippen LogP contribution in [0.1, 0.15) is 0 Å². The third kappa shape index (κ3) is 2.16. The molecule has 13 heavy (non-hydrogen) atoms. The summed E-state index contributed by atoms with van der Waals surface area (Å²) in [5.41, 5.74) is 0. The molecule has 1 aliphatic heterocycles. The molecule has 1 fully saturated rings. The second kappa shape index (κ2) is 4.01. The highest BCUT2D eigenvalue weighted by Crippen LogP contribution is 2.13. The molecular formula is C7H13NO5. The summed E-state index contributed by atoms with van der Waals surface area (Å²) in [4.78, 5) is 10.6. The first kappa shape index (κ1) is 10.4. The van der Waals surface area contributed by atoms with E-state index in [1.807, 2.05) is 0 Å². The summed E-state index contributed by atoms with van der Waals surface area (Å²) in [5.74, 6) is -2.26. The van der Waals surface area contributed by atoms with E-state index in [9.17, 15) is 15.0 Å². The average Bonchev–Trinajstić information content (AvgIpc) is 2.18. The minimum absolute atomic E-state index is 0.0463. The smallest absolute Gasteiger partial charge is 0.310 e. The first-order chi connectivity index (χ1) is 6.04. The fraction of sp³-hybridized carbons (Fsp3) is 0.857. The fourth-order valence-electron chi connectivity index (χ4n) is 1.33. The van der Waals surface area contributed by atoms with Gasteiger partial charge in [0.15, 0.2) is 0 Å². The number of hydrogen-bond acceptors (Lipinski definition) is 5. The number of rotatable bonds is 1. The number of carboxylic acids is 1. The van der Waals surface area contributed by atoms with Gasteiger partial charge in [-0.05, 0) is 0 Å². The van der Waals surface area contributed by atoms with Gasteiger partial charge in [0.25, 0.3) is 0 Å². The minimum Gasteiger partial charge on any atom is -0.481 e. The lowest BCUT2D eigenvalue weighted by atomic mass is 9.97. The largest absolute Gasteiger partial charge is 0.481 e. The second-order valence-corrected chi connectivity index (χ2v) is 3.15. The van der Waals surface area contributed by atoms with Gasteiger partial charge in [0, 0.05) is 13.1 Å². The maximum absolute atomic E-state index is 10.6. The average molecular weight is 191 g/mol. The molecule has 0 aromatic carbocycles. The topological polar surface area (TPSA) is 110 Å². The SMILES string of the molecule is O=C(O)[C@H]1CNC[C@@H](O)[C@H](O)[C@H]1O. The van der Waals surface area contributed by atoms with Crippen LogP contribution < -0.4 is 5.32 Å². The predicted octanol–water partition coefficient (Wildman–Crippen LogP) is -2.63. The molecular weight excluding hydrogens is 178 g/mol. The van der Waals surface area contributed by atoms with Gasteiger partial charge in [-0.3, -0.25) is 4.79 Å². The van der Waals surface area contributed by atoms with Gasteiger partial charge in [-0.1, -0.05) is 0 Å². The minimum atomic E-state index is -1.43. The molecule has 1 rings (SSSR count). The van der Waals surface area contributed by atoms with Gasteiger partial charge in [0.2, 0.25) is 0 Å². The standard InChI is InChI=1S/C7H13NO5/c9-4-2-8-1-3(7(12)13)5(10)6(4)11/h3-6,8-11H,1-2H2,(H,12,13)/t3-,4+,5-,6-/m0/s1. The van der Waals surface area contributed by atoms with Gasteiger partial charge in [-0.15, -0.1) is 0 Å². The molecule has 1 heterocycles. The maximum atomic E-state index is 10.6. The van der Waals surface area contributed by atoms with Gasteiger partial charge in [0.05, 0.1) is 18.1 Å². The zero-order valence-electron chi connectivity index (χ0n) is 6.92. The first-order valence-corrected chi connectivity index (χ1v) is 4.01. The van der Waals surface area contributed by atoms with Crippen molar-refractivity contribution in [3.8, 4) is 0 Å². The van der Waals surface area contributed by atoms with E-state index in [0.29, 0.717) is 0 Å². The van der Waals surface area contributed by atoms with Crippen LogP contribution in [0.3, 0.4) is 0 Å². The molecule has 5 N–H and O–H groups in total. The first-order valence-electron chi connectivity index (χ1n) is 4.01. The molecule has 76 valence electrons. The highest BCUT2D eigenvalue weighted by Gasteiger charge is 2.37. The van der Waals surface area contributed by atoms with E-state index in [1.54, 1.807) is 0 Å². The summed E-state index contributed by atoms with van der Waals surface area (Å²) >= 11 is 0. The van der Waals surface area contributed by atoms with E-state index in [-0.39, 0.29) is 13.1 Å². The van der Waals surface area contributed by atoms with E-state index in [2.05, 4.69) is 5.32 Å². The van der Waals surface area contributed by atoms with Crippen LogP contribution in [-0.4, -0.2) is 57.8 Å². The number of aliphatic carboxylic acids is 1. The molecule has 0 spiro atoms. The Kier molecular flexibility index (Phi) is 3.21. The normalized spacial score (nSPS) is 41.2. The molecule has 4 atom stereocenters. The Morgan fingerprint density at radius 1 is 1.15 bits per heavy atom. The summed E-state index contributed by atoms with van der Waals surface area (Å²) in [6.07, 6.45) is -3.96. The van der Waals surface area contributed by atoms with Crippen LogP contribution in [0.5, 0.6) is 0 Å². The predicted molar refractivity (Wildman–Crippen MR) is 42.0 cm³/mol. The number of carboxylic acid groups (broad SMARTS) is 1. The molecule has 6 nitrogen and oxygen atoms in total. The van der Waals surface area contributed by atoms with Crippen LogP contribution in [0.2, 0.25) is 0 Å². The number of β-amino-alcohol motifs (C(OH)–C–C–N with tert-alkyl or cyclic N) is 1. The highest BCUT2D eigenvalue weighted by atomic mass is 16.4. The van der Waals surface area contributed by atoms with Gasteiger partial charge in [-0.2, -0.15) is 0 Å². The van der Waals surface area contributed by atoms with Crippen LogP contribution in [-0.2, 0) is 4.79 Å². The van der Waals surface area contributed by atoms with E-state index in [1.165, 1.54) is 0 Å². The summed E-state index contributed by atoms with van der Waals surface area (Å²) in [5, 5.41) is 39.0. The lowest BCUT2D eigenvalue weighted by Gasteiger charge is -2.22. The van der Waals surface area contributed by atoms with Gasteiger partial charge in [-0.25, -0.2) is 0 Å². The molecule has 0 unspecified atom stereocenters. The number of hydrogen-bond donors (Lipinski definition) is 5. The summed E-state index contributed by atoms with van der Waals surface area (Å²) in [6.45, 7) is 0.132. The van der Waals surface area contributed by atoms with Gasteiger partial charge < -0.3 is 25.7 Å². The van der Waals surface area contributed by atoms with Gasteiger partial charge in [0.1, 0.15) is 6.10 Å². The van der Waals surface area contributed by atoms with Crippen molar-refractivity contribution in [3.63, 3.8) is 0 Å². The summed E-state index contributed by atoms with van der Waals surface area (Å²) < 4.78 is 0. The third-order valence-electron chi connectivity index (χ3n) is 2.19. The molecule has 6 heteroatoms. The number of aliphatic hydroxyl groups excluding tert-OH is 3. The highest BCUT2D eigenvalue weighted by molar-refractivity contribution is 5.71. The molecule has 1 aliphatic rings. The zero-order valence-corrected chi connectivity index (χ0v) is 6.92. The molecule has 0 saturated carbocycles. The number of carbonyl (C=O) groups is 1. The van der Waals surface area contributed by atoms with Crippen LogP contribution in [0.4, 0.5) is 0 Å². The monoisotopic (exact) mass is 191 g/mol. The van der Waals surface area contributed by atoms with Crippen LogP contribution in [0.25, 0.3) is 0 Å². The van der Waals surface area contributed by atoms with Crippen molar-refractivity contribution in [3.05, 3.63) is 0 Å². The molecule has 0 aromatic rings. The van der Waals surface area contributed by atoms with Crippen molar-refractivity contribution in [2.45, 2.75) is 18.3 Å². The van der Waals surface area contributed by atoms with E-state index >= 15 is 0 Å². The maximum Gasteiger partial charge on any atom is 0.310 e. The molecule has 0 amide bonds. The molecule has 0 aromatic heterocycles. The Bertz CT molecular complexity index is 197. The van der Waals surface area contributed by atoms with Crippen LogP contribution in [0, 0.1) is 5.92 Å². The van der Waals surface area contributed by atoms with E-state index in [0.717, 1.165) is 0 Å². The van der Waals surface area contributed by atoms with Crippen molar-refractivity contribution < 1.29 is 25.2 Å². The summed E-state index contributed by atoms with van der Waals surface area (Å²) in [6, 6.07) is 0. The van der Waals surface area contributed by atoms with Crippen LogP contribution in [0.15, 0.2) is 0 Å². The zero-order chi connectivity index (χ0) is 10.0. The van der Waals surface area contributed by atoms with E-state index in [4.69, 9.17) is 10.2 Å². The molecule has 0 aliphatic carbocycles. The number of nitrogens with one attached hydrogen (secondary N) is 1. The third-order valence-corrected chi connectivity index (χ3v) is 2.19. The lowest BCUT2D eigenvalue weighted by Crippen LogP contribution is -2.43. The van der Waals surface area contributed by atoms with Crippen molar-refractivity contribution in [2.24, 2.45) is 5.92 Å². The second-order valence-electron chi connectivity index (χ2n) is 3.15. The Labute approximate surface area is 74.8 Å². The van der Waals surface area contributed by atoms with Crippen LogP contribution >= 0.6 is 0 Å². The lowest BCUT2D eigenvalue weighted by molar-refractivity contribution is -0.150. The molecule has 0 bridgehead atoms. The van der Waals surface area contributed by atoms with Crippen molar-refractivity contribution in [2.75, 3.05) is 13.1 Å².